The Kier molecular flexibility index (Phi) is 5.49. The zero-order valence-corrected chi connectivity index (χ0v) is 14.3. The van der Waals surface area contributed by atoms with Crippen molar-refractivity contribution in [3.8, 4) is 6.07 Å². The molecule has 0 spiro atoms. The van der Waals surface area contributed by atoms with Gasteiger partial charge in [-0.1, -0.05) is 18.2 Å². The van der Waals surface area contributed by atoms with E-state index in [2.05, 4.69) is 16.7 Å². The summed E-state index contributed by atoms with van der Waals surface area (Å²) in [6, 6.07) is 17.8. The average molecular weight is 348 g/mol. The molecule has 2 aromatic rings. The molecule has 1 fully saturated rings. The highest BCUT2D eigenvalue weighted by molar-refractivity contribution is 5.98. The Labute approximate surface area is 152 Å². The number of anilines is 2. The predicted octanol–water partition coefficient (Wildman–Crippen LogP) is 2.60. The number of para-hydroxylation sites is 1. The highest BCUT2D eigenvalue weighted by atomic mass is 16.2. The second kappa shape index (κ2) is 8.17. The lowest BCUT2D eigenvalue weighted by molar-refractivity contribution is -0.135. The molecule has 132 valence electrons. The van der Waals surface area contributed by atoms with Crippen LogP contribution in [0.15, 0.2) is 54.6 Å². The Morgan fingerprint density at radius 2 is 1.81 bits per heavy atom. The van der Waals surface area contributed by atoms with Crippen molar-refractivity contribution in [3.05, 3.63) is 60.2 Å². The molecule has 26 heavy (non-hydrogen) atoms. The van der Waals surface area contributed by atoms with E-state index in [1.807, 2.05) is 30.3 Å². The van der Waals surface area contributed by atoms with Crippen molar-refractivity contribution in [2.45, 2.75) is 18.9 Å². The lowest BCUT2D eigenvalue weighted by Crippen LogP contribution is -2.45. The Morgan fingerprint density at radius 3 is 2.50 bits per heavy atom. The number of hydrogen-bond donors (Lipinski definition) is 2. The fourth-order valence-electron chi connectivity index (χ4n) is 3.03. The first kappa shape index (κ1) is 17.5. The predicted molar refractivity (Wildman–Crippen MR) is 99.5 cm³/mol. The number of amides is 2. The van der Waals surface area contributed by atoms with Crippen LogP contribution in [-0.2, 0) is 9.59 Å². The molecule has 6 nitrogen and oxygen atoms in total. The van der Waals surface area contributed by atoms with Crippen molar-refractivity contribution in [1.82, 2.24) is 4.90 Å². The highest BCUT2D eigenvalue weighted by Gasteiger charge is 2.33. The molecule has 1 atom stereocenters. The van der Waals surface area contributed by atoms with Gasteiger partial charge in [0.15, 0.2) is 0 Å². The van der Waals surface area contributed by atoms with Crippen LogP contribution in [0.4, 0.5) is 11.4 Å². The highest BCUT2D eigenvalue weighted by Crippen LogP contribution is 2.20. The molecule has 0 saturated carbocycles. The Balaban J connectivity index is 1.57. The number of likely N-dealkylation sites (tertiary alicyclic amines) is 1. The standard InChI is InChI=1S/C20H20N4O2/c21-13-15-8-10-16(11-9-15)22-14-19(25)24-12-4-7-18(24)20(26)23-17-5-2-1-3-6-17/h1-3,5-6,8-11,18,22H,4,7,12,14H2,(H,23,26)/t18-/m0/s1. The van der Waals surface area contributed by atoms with E-state index in [0.29, 0.717) is 18.5 Å². The summed E-state index contributed by atoms with van der Waals surface area (Å²) in [6.45, 7) is 0.696. The molecule has 1 saturated heterocycles. The minimum atomic E-state index is -0.439. The van der Waals surface area contributed by atoms with E-state index >= 15 is 0 Å². The Hall–Kier alpha value is -3.33. The van der Waals surface area contributed by atoms with Crippen LogP contribution in [0.2, 0.25) is 0 Å². The summed E-state index contributed by atoms with van der Waals surface area (Å²) in [7, 11) is 0. The lowest BCUT2D eigenvalue weighted by atomic mass is 10.2. The summed E-state index contributed by atoms with van der Waals surface area (Å²) in [5.41, 5.74) is 2.06. The van der Waals surface area contributed by atoms with Crippen molar-refractivity contribution in [1.29, 1.82) is 5.26 Å². The topological polar surface area (TPSA) is 85.2 Å². The third-order valence-corrected chi connectivity index (χ3v) is 4.37. The van der Waals surface area contributed by atoms with Crippen LogP contribution in [0.1, 0.15) is 18.4 Å². The van der Waals surface area contributed by atoms with Gasteiger partial charge in [0, 0.05) is 17.9 Å². The summed E-state index contributed by atoms with van der Waals surface area (Å²) in [5.74, 6) is -0.263. The van der Waals surface area contributed by atoms with Gasteiger partial charge in [0.2, 0.25) is 11.8 Å². The maximum Gasteiger partial charge on any atom is 0.247 e. The van der Waals surface area contributed by atoms with Gasteiger partial charge in [-0.2, -0.15) is 5.26 Å². The molecule has 1 aliphatic heterocycles. The van der Waals surface area contributed by atoms with Crippen LogP contribution in [0.3, 0.4) is 0 Å². The summed E-state index contributed by atoms with van der Waals surface area (Å²) in [4.78, 5) is 26.7. The summed E-state index contributed by atoms with van der Waals surface area (Å²) < 4.78 is 0. The molecule has 0 aromatic heterocycles. The molecule has 6 heteroatoms. The molecular formula is C20H20N4O2. The quantitative estimate of drug-likeness (QED) is 0.870. The van der Waals surface area contributed by atoms with Gasteiger partial charge < -0.3 is 15.5 Å². The summed E-state index contributed by atoms with van der Waals surface area (Å²) in [5, 5.41) is 14.7. The Bertz CT molecular complexity index is 812. The molecule has 2 N–H and O–H groups in total. The third kappa shape index (κ3) is 4.19. The fraction of sp³-hybridized carbons (Fsp3) is 0.250. The van der Waals surface area contributed by atoms with E-state index in [1.54, 1.807) is 29.2 Å². The summed E-state index contributed by atoms with van der Waals surface area (Å²) >= 11 is 0. The largest absolute Gasteiger partial charge is 0.376 e. The van der Waals surface area contributed by atoms with Gasteiger partial charge in [-0.3, -0.25) is 9.59 Å². The first-order valence-corrected chi connectivity index (χ1v) is 8.57. The maximum absolute atomic E-state index is 12.5. The van der Waals surface area contributed by atoms with Gasteiger partial charge in [-0.25, -0.2) is 0 Å². The first-order valence-electron chi connectivity index (χ1n) is 8.57. The van der Waals surface area contributed by atoms with Gasteiger partial charge in [0.25, 0.3) is 0 Å². The minimum absolute atomic E-state index is 0.111. The SMILES string of the molecule is N#Cc1ccc(NCC(=O)N2CCC[C@H]2C(=O)Nc2ccccc2)cc1. The zero-order valence-electron chi connectivity index (χ0n) is 14.3. The number of rotatable bonds is 5. The second-order valence-corrected chi connectivity index (χ2v) is 6.14. The number of carbonyl (C=O) groups is 2. The lowest BCUT2D eigenvalue weighted by Gasteiger charge is -2.24. The van der Waals surface area contributed by atoms with Crippen LogP contribution in [-0.4, -0.2) is 35.8 Å². The van der Waals surface area contributed by atoms with E-state index < -0.39 is 6.04 Å². The molecule has 3 rings (SSSR count). The van der Waals surface area contributed by atoms with Gasteiger partial charge in [-0.15, -0.1) is 0 Å². The van der Waals surface area contributed by atoms with Crippen molar-refractivity contribution in [3.63, 3.8) is 0 Å². The molecule has 0 unspecified atom stereocenters. The minimum Gasteiger partial charge on any atom is -0.376 e. The second-order valence-electron chi connectivity index (χ2n) is 6.14. The number of nitrogens with one attached hydrogen (secondary N) is 2. The van der Waals surface area contributed by atoms with Crippen LogP contribution in [0.25, 0.3) is 0 Å². The third-order valence-electron chi connectivity index (χ3n) is 4.37. The van der Waals surface area contributed by atoms with Gasteiger partial charge in [0.05, 0.1) is 18.2 Å². The van der Waals surface area contributed by atoms with E-state index in [4.69, 9.17) is 5.26 Å². The average Bonchev–Trinajstić information content (AvgIpc) is 3.17. The van der Waals surface area contributed by atoms with E-state index in [-0.39, 0.29) is 18.4 Å². The number of nitrogens with zero attached hydrogens (tertiary/aromatic N) is 2. The molecule has 1 aliphatic rings. The van der Waals surface area contributed by atoms with Crippen molar-refractivity contribution >= 4 is 23.2 Å². The molecule has 0 aliphatic carbocycles. The molecule has 1 heterocycles. The summed E-state index contributed by atoms with van der Waals surface area (Å²) in [6.07, 6.45) is 1.48. The molecular weight excluding hydrogens is 328 g/mol. The first-order chi connectivity index (χ1) is 12.7. The number of carbonyl (C=O) groups excluding carboxylic acids is 2. The van der Waals surface area contributed by atoms with Gasteiger partial charge in [-0.05, 0) is 49.2 Å². The Morgan fingerprint density at radius 1 is 1.08 bits per heavy atom. The van der Waals surface area contributed by atoms with E-state index in [1.165, 1.54) is 0 Å². The van der Waals surface area contributed by atoms with Crippen LogP contribution in [0, 0.1) is 11.3 Å². The van der Waals surface area contributed by atoms with Crippen LogP contribution < -0.4 is 10.6 Å². The van der Waals surface area contributed by atoms with Crippen LogP contribution >= 0.6 is 0 Å². The monoisotopic (exact) mass is 348 g/mol. The maximum atomic E-state index is 12.5. The molecule has 2 aromatic carbocycles. The van der Waals surface area contributed by atoms with Crippen molar-refractivity contribution in [2.24, 2.45) is 0 Å². The van der Waals surface area contributed by atoms with E-state index in [0.717, 1.165) is 17.8 Å². The van der Waals surface area contributed by atoms with Gasteiger partial charge >= 0.3 is 0 Å². The normalized spacial score (nSPS) is 16.0. The fourth-order valence-corrected chi connectivity index (χ4v) is 3.03. The van der Waals surface area contributed by atoms with Crippen LogP contribution in [0.5, 0.6) is 0 Å². The molecule has 0 radical (unpaired) electrons. The van der Waals surface area contributed by atoms with Crippen molar-refractivity contribution < 1.29 is 9.59 Å². The van der Waals surface area contributed by atoms with E-state index in [9.17, 15) is 9.59 Å². The molecule has 2 amide bonds. The number of hydrogen-bond acceptors (Lipinski definition) is 4. The number of nitriles is 1. The number of benzene rings is 2. The molecule has 0 bridgehead atoms. The smallest absolute Gasteiger partial charge is 0.247 e. The zero-order chi connectivity index (χ0) is 18.4. The van der Waals surface area contributed by atoms with Crippen molar-refractivity contribution in [2.75, 3.05) is 23.7 Å². The van der Waals surface area contributed by atoms with Gasteiger partial charge in [0.1, 0.15) is 6.04 Å².